The molecule has 1 saturated carbocycles. The Bertz CT molecular complexity index is 628. The molecule has 0 aliphatic heterocycles. The standard InChI is InChI=1S/C19H30N4O2.HI/c1-13-8-6-7-9-14(13)15-12-16(15)23-17(20-5)21-10-11-22-18(24)25-19(2,3)4;/h6-9,15-16H,10-12H2,1-5H3,(H,22,24)(H2,20,21,23);1H. The Kier molecular flexibility index (Phi) is 8.66. The van der Waals surface area contributed by atoms with Crippen LogP contribution in [0.1, 0.15) is 44.2 Å². The van der Waals surface area contributed by atoms with Gasteiger partial charge >= 0.3 is 6.09 Å². The van der Waals surface area contributed by atoms with Crippen LogP contribution in [0.5, 0.6) is 0 Å². The second-order valence-electron chi connectivity index (χ2n) is 7.38. The van der Waals surface area contributed by atoms with Crippen molar-refractivity contribution >= 4 is 36.0 Å². The first-order valence-electron chi connectivity index (χ1n) is 8.79. The molecule has 0 radical (unpaired) electrons. The molecule has 0 aromatic heterocycles. The minimum atomic E-state index is -0.480. The van der Waals surface area contributed by atoms with Crippen molar-refractivity contribution in [1.82, 2.24) is 16.0 Å². The summed E-state index contributed by atoms with van der Waals surface area (Å²) in [6.07, 6.45) is 0.709. The summed E-state index contributed by atoms with van der Waals surface area (Å²) in [5, 5.41) is 9.38. The van der Waals surface area contributed by atoms with Crippen LogP contribution >= 0.6 is 24.0 Å². The first-order valence-corrected chi connectivity index (χ1v) is 8.79. The fourth-order valence-electron chi connectivity index (χ4n) is 2.73. The van der Waals surface area contributed by atoms with E-state index in [-0.39, 0.29) is 24.0 Å². The summed E-state index contributed by atoms with van der Waals surface area (Å²) < 4.78 is 5.20. The molecule has 6 nitrogen and oxygen atoms in total. The van der Waals surface area contributed by atoms with Crippen LogP contribution in [0.2, 0.25) is 0 Å². The number of nitrogens with zero attached hydrogens (tertiary/aromatic N) is 1. The molecule has 1 aliphatic carbocycles. The number of rotatable bonds is 5. The van der Waals surface area contributed by atoms with E-state index in [4.69, 9.17) is 4.74 Å². The zero-order chi connectivity index (χ0) is 18.4. The van der Waals surface area contributed by atoms with Crippen molar-refractivity contribution in [3.05, 3.63) is 35.4 Å². The van der Waals surface area contributed by atoms with Crippen molar-refractivity contribution in [2.45, 2.75) is 51.7 Å². The van der Waals surface area contributed by atoms with Gasteiger partial charge in [-0.05, 0) is 45.2 Å². The molecule has 1 aliphatic rings. The van der Waals surface area contributed by atoms with Crippen molar-refractivity contribution in [2.24, 2.45) is 4.99 Å². The summed E-state index contributed by atoms with van der Waals surface area (Å²) in [6, 6.07) is 8.92. The molecule has 1 amide bonds. The Hall–Kier alpha value is -1.51. The molecule has 1 fully saturated rings. The van der Waals surface area contributed by atoms with Gasteiger partial charge in [0.15, 0.2) is 5.96 Å². The molecule has 1 aromatic rings. The quantitative estimate of drug-likeness (QED) is 0.265. The second-order valence-corrected chi connectivity index (χ2v) is 7.38. The number of hydrogen-bond donors (Lipinski definition) is 3. The van der Waals surface area contributed by atoms with E-state index in [1.54, 1.807) is 7.05 Å². The van der Waals surface area contributed by atoms with Crippen molar-refractivity contribution < 1.29 is 9.53 Å². The van der Waals surface area contributed by atoms with Crippen molar-refractivity contribution in [2.75, 3.05) is 20.1 Å². The molecule has 2 unspecified atom stereocenters. The number of benzene rings is 1. The highest BCUT2D eigenvalue weighted by Crippen LogP contribution is 2.41. The lowest BCUT2D eigenvalue weighted by Gasteiger charge is -2.20. The molecule has 0 saturated heterocycles. The average Bonchev–Trinajstić information content (AvgIpc) is 3.28. The summed E-state index contributed by atoms with van der Waals surface area (Å²) in [7, 11) is 1.75. The van der Waals surface area contributed by atoms with Gasteiger partial charge in [0.25, 0.3) is 0 Å². The minimum absolute atomic E-state index is 0. The molecule has 7 heteroatoms. The van der Waals surface area contributed by atoms with Gasteiger partial charge in [0.2, 0.25) is 0 Å². The lowest BCUT2D eigenvalue weighted by molar-refractivity contribution is 0.0529. The van der Waals surface area contributed by atoms with Crippen LogP contribution in [0, 0.1) is 6.92 Å². The summed E-state index contributed by atoms with van der Waals surface area (Å²) in [5.41, 5.74) is 2.26. The first-order chi connectivity index (χ1) is 11.8. The number of carbonyl (C=O) groups is 1. The molecule has 2 atom stereocenters. The fraction of sp³-hybridized carbons (Fsp3) is 0.579. The molecular weight excluding hydrogens is 443 g/mol. The number of ether oxygens (including phenoxy) is 1. The number of guanidine groups is 1. The van der Waals surface area contributed by atoms with Crippen molar-refractivity contribution in [3.63, 3.8) is 0 Å². The number of alkyl carbamates (subject to hydrolysis) is 1. The van der Waals surface area contributed by atoms with Gasteiger partial charge in [-0.2, -0.15) is 0 Å². The SMILES string of the molecule is CN=C(NCCNC(=O)OC(C)(C)C)NC1CC1c1ccccc1C.I. The number of amides is 1. The molecule has 0 heterocycles. The van der Waals surface area contributed by atoms with Gasteiger partial charge in [-0.3, -0.25) is 4.99 Å². The van der Waals surface area contributed by atoms with Gasteiger partial charge in [-0.25, -0.2) is 4.79 Å². The predicted molar refractivity (Wildman–Crippen MR) is 116 cm³/mol. The van der Waals surface area contributed by atoms with Gasteiger partial charge in [-0.1, -0.05) is 24.3 Å². The summed E-state index contributed by atoms with van der Waals surface area (Å²) in [4.78, 5) is 15.8. The highest BCUT2D eigenvalue weighted by atomic mass is 127. The third kappa shape index (κ3) is 7.39. The van der Waals surface area contributed by atoms with Crippen LogP contribution in [-0.2, 0) is 4.74 Å². The first kappa shape index (κ1) is 22.5. The Morgan fingerprint density at radius 3 is 2.50 bits per heavy atom. The number of aliphatic imine (C=N–C) groups is 1. The van der Waals surface area contributed by atoms with Gasteiger partial charge in [-0.15, -0.1) is 24.0 Å². The fourth-order valence-corrected chi connectivity index (χ4v) is 2.73. The maximum absolute atomic E-state index is 11.6. The van der Waals surface area contributed by atoms with E-state index in [2.05, 4.69) is 52.1 Å². The van der Waals surface area contributed by atoms with Crippen molar-refractivity contribution in [3.8, 4) is 0 Å². The second kappa shape index (κ2) is 9.99. The van der Waals surface area contributed by atoms with Crippen LogP contribution in [0.3, 0.4) is 0 Å². The maximum Gasteiger partial charge on any atom is 0.407 e. The van der Waals surface area contributed by atoms with Crippen LogP contribution in [0.4, 0.5) is 4.79 Å². The van der Waals surface area contributed by atoms with E-state index >= 15 is 0 Å². The highest BCUT2D eigenvalue weighted by Gasteiger charge is 2.39. The molecular formula is C19H31IN4O2. The van der Waals surface area contributed by atoms with Crippen LogP contribution in [0.15, 0.2) is 29.3 Å². The molecule has 0 spiro atoms. The van der Waals surface area contributed by atoms with Crippen LogP contribution in [0.25, 0.3) is 0 Å². The lowest BCUT2D eigenvalue weighted by Crippen LogP contribution is -2.43. The van der Waals surface area contributed by atoms with E-state index in [1.807, 2.05) is 20.8 Å². The summed E-state index contributed by atoms with van der Waals surface area (Å²) in [6.45, 7) is 8.74. The van der Waals surface area contributed by atoms with Gasteiger partial charge < -0.3 is 20.7 Å². The largest absolute Gasteiger partial charge is 0.444 e. The lowest BCUT2D eigenvalue weighted by atomic mass is 10.0. The smallest absolute Gasteiger partial charge is 0.407 e. The van der Waals surface area contributed by atoms with Gasteiger partial charge in [0.1, 0.15) is 5.60 Å². The Balaban J connectivity index is 0.00000338. The zero-order valence-corrected chi connectivity index (χ0v) is 18.6. The van der Waals surface area contributed by atoms with Crippen LogP contribution in [-0.4, -0.2) is 43.8 Å². The highest BCUT2D eigenvalue weighted by molar-refractivity contribution is 14.0. The van der Waals surface area contributed by atoms with E-state index in [9.17, 15) is 4.79 Å². The summed E-state index contributed by atoms with van der Waals surface area (Å²) in [5.74, 6) is 1.30. The monoisotopic (exact) mass is 474 g/mol. The number of hydrogen-bond acceptors (Lipinski definition) is 3. The van der Waals surface area contributed by atoms with E-state index < -0.39 is 11.7 Å². The normalized spacial score (nSPS) is 19.2. The topological polar surface area (TPSA) is 74.8 Å². The minimum Gasteiger partial charge on any atom is -0.444 e. The van der Waals surface area contributed by atoms with Gasteiger partial charge in [0.05, 0.1) is 0 Å². The molecule has 0 bridgehead atoms. The Labute approximate surface area is 173 Å². The van der Waals surface area contributed by atoms with Gasteiger partial charge in [0, 0.05) is 32.1 Å². The Morgan fingerprint density at radius 2 is 1.88 bits per heavy atom. The number of carbonyl (C=O) groups excluding carboxylic acids is 1. The zero-order valence-electron chi connectivity index (χ0n) is 16.3. The molecule has 146 valence electrons. The molecule has 26 heavy (non-hydrogen) atoms. The third-order valence-electron chi connectivity index (χ3n) is 4.01. The maximum atomic E-state index is 11.6. The Morgan fingerprint density at radius 1 is 1.23 bits per heavy atom. The summed E-state index contributed by atoms with van der Waals surface area (Å²) >= 11 is 0. The van der Waals surface area contributed by atoms with Crippen LogP contribution < -0.4 is 16.0 Å². The molecule has 3 N–H and O–H groups in total. The molecule has 1 aromatic carbocycles. The average molecular weight is 474 g/mol. The van der Waals surface area contributed by atoms with E-state index in [0.29, 0.717) is 25.0 Å². The van der Waals surface area contributed by atoms with E-state index in [1.165, 1.54) is 11.1 Å². The van der Waals surface area contributed by atoms with Crippen molar-refractivity contribution in [1.29, 1.82) is 0 Å². The number of halogens is 1. The number of aryl methyl sites for hydroxylation is 1. The number of nitrogens with one attached hydrogen (secondary N) is 3. The predicted octanol–water partition coefficient (Wildman–Crippen LogP) is 3.16. The third-order valence-corrected chi connectivity index (χ3v) is 4.01. The molecule has 2 rings (SSSR count). The van der Waals surface area contributed by atoms with E-state index in [0.717, 1.165) is 12.4 Å².